The Labute approximate surface area is 328 Å². The van der Waals surface area contributed by atoms with Crippen LogP contribution in [0.2, 0.25) is 13.1 Å². The molecule has 0 radical (unpaired) electrons. The fourth-order valence-electron chi connectivity index (χ4n) is 8.83. The quantitative estimate of drug-likeness (QED) is 0.121. The molecule has 2 atom stereocenters. The zero-order valence-corrected chi connectivity index (χ0v) is 36.4. The van der Waals surface area contributed by atoms with Gasteiger partial charge in [-0.15, -0.1) is 0 Å². The Morgan fingerprint density at radius 2 is 0.852 bits per heavy atom. The Kier molecular flexibility index (Phi) is 10.3. The Hall–Kier alpha value is -3.92. The van der Waals surface area contributed by atoms with Crippen molar-refractivity contribution in [3.8, 4) is 45.3 Å². The van der Waals surface area contributed by atoms with Crippen molar-refractivity contribution in [2.24, 2.45) is 0 Å². The van der Waals surface area contributed by atoms with Crippen molar-refractivity contribution in [1.29, 1.82) is 0 Å². The summed E-state index contributed by atoms with van der Waals surface area (Å²) < 4.78 is 12.3. The van der Waals surface area contributed by atoms with Crippen LogP contribution in [0, 0.1) is 0 Å². The van der Waals surface area contributed by atoms with Crippen molar-refractivity contribution in [1.82, 2.24) is 0 Å². The van der Waals surface area contributed by atoms with Gasteiger partial charge in [-0.1, -0.05) is 12.1 Å². The van der Waals surface area contributed by atoms with Crippen LogP contribution in [0.3, 0.4) is 0 Å². The monoisotopic (exact) mass is 841 g/mol. The SMILES string of the molecule is CCC1=Cc2c(-c3ccc(Oc4ccccc4)cc3)cccc2[CH]1[Zr]([Cl])([Cl])([CH]1C(CC)=Cc2c(-c3ccc(Oc4ccccc4)cc3)cccc21)[SiH](C)C. The van der Waals surface area contributed by atoms with Crippen LogP contribution in [0.4, 0.5) is 0 Å². The van der Waals surface area contributed by atoms with Gasteiger partial charge in [0.05, 0.1) is 0 Å². The molecule has 0 N–H and O–H groups in total. The van der Waals surface area contributed by atoms with E-state index in [9.17, 15) is 0 Å². The van der Waals surface area contributed by atoms with Crippen molar-refractivity contribution in [2.45, 2.75) is 47.0 Å². The van der Waals surface area contributed by atoms with E-state index in [4.69, 9.17) is 26.5 Å². The van der Waals surface area contributed by atoms with Crippen molar-refractivity contribution in [3.63, 3.8) is 0 Å². The second-order valence-corrected chi connectivity index (χ2v) is 57.4. The summed E-state index contributed by atoms with van der Waals surface area (Å²) in [6.07, 6.45) is 6.68. The predicted octanol–water partition coefficient (Wildman–Crippen LogP) is 15.0. The topological polar surface area (TPSA) is 18.5 Å². The van der Waals surface area contributed by atoms with Gasteiger partial charge in [0.1, 0.15) is 0 Å². The second kappa shape index (κ2) is 15.0. The number of benzene rings is 6. The molecule has 2 nitrogen and oxygen atoms in total. The van der Waals surface area contributed by atoms with Gasteiger partial charge in [-0.3, -0.25) is 0 Å². The van der Waals surface area contributed by atoms with E-state index in [1.165, 1.54) is 44.5 Å². The summed E-state index contributed by atoms with van der Waals surface area (Å²) in [5.41, 5.74) is 12.6. The van der Waals surface area contributed by atoms with Gasteiger partial charge in [-0.2, -0.15) is 0 Å². The zero-order valence-electron chi connectivity index (χ0n) is 31.2. The molecule has 0 aromatic heterocycles. The van der Waals surface area contributed by atoms with Gasteiger partial charge in [0.2, 0.25) is 0 Å². The molecule has 0 spiro atoms. The van der Waals surface area contributed by atoms with E-state index in [0.29, 0.717) is 0 Å². The van der Waals surface area contributed by atoms with Crippen LogP contribution in [0.25, 0.3) is 34.4 Å². The molecule has 54 heavy (non-hydrogen) atoms. The molecule has 0 fully saturated rings. The third-order valence-electron chi connectivity index (χ3n) is 11.6. The van der Waals surface area contributed by atoms with Gasteiger partial charge in [0.15, 0.2) is 0 Å². The fraction of sp³-hybridized carbons (Fsp3) is 0.167. The first kappa shape index (κ1) is 37.0. The summed E-state index contributed by atoms with van der Waals surface area (Å²) in [4.78, 5) is 0. The van der Waals surface area contributed by atoms with Gasteiger partial charge in [0.25, 0.3) is 0 Å². The molecule has 0 aliphatic heterocycles. The van der Waals surface area contributed by atoms with Crippen LogP contribution < -0.4 is 9.47 Å². The van der Waals surface area contributed by atoms with Crippen LogP contribution in [0.5, 0.6) is 23.0 Å². The molecule has 0 saturated carbocycles. The number of allylic oxidation sites excluding steroid dienone is 2. The normalized spacial score (nSPS) is 16.9. The minimum atomic E-state index is -4.88. The zero-order chi connectivity index (χ0) is 37.5. The maximum atomic E-state index is 8.66. The Balaban J connectivity index is 1.18. The average molecular weight is 844 g/mol. The van der Waals surface area contributed by atoms with Gasteiger partial charge in [0, 0.05) is 0 Å². The molecule has 2 unspecified atom stereocenters. The second-order valence-electron chi connectivity index (χ2n) is 14.9. The molecule has 0 bridgehead atoms. The molecule has 0 saturated heterocycles. The molecular weight excluding hydrogens is 799 g/mol. The fourth-order valence-corrected chi connectivity index (χ4v) is 40.6. The van der Waals surface area contributed by atoms with Crippen LogP contribution in [0.1, 0.15) is 56.2 Å². The minimum absolute atomic E-state index is 0.0473. The number of para-hydroxylation sites is 2. The van der Waals surface area contributed by atoms with Crippen LogP contribution in [-0.4, -0.2) is 5.92 Å². The third kappa shape index (κ3) is 6.50. The summed E-state index contributed by atoms with van der Waals surface area (Å²) in [6.45, 7) is 9.39. The van der Waals surface area contributed by atoms with E-state index in [1.807, 2.05) is 60.7 Å². The standard InChI is InChI=1S/2C23H19O.C2H7Si.2ClH.Zr/c2*1-2-17-15-19-7-6-10-22(23(19)16-17)18-11-13-21(14-12-18)24-20-8-4-3-5-9-20;1-3-2;;;/h2*3-16H,2H2,1H3;3H,1-2H3;2*1H;/q;;;;;+2/p-2. The Morgan fingerprint density at radius 1 is 0.481 bits per heavy atom. The number of rotatable bonds is 11. The van der Waals surface area contributed by atoms with E-state index in [1.54, 1.807) is 0 Å². The molecular formula is C48H45Cl2O2SiZr. The van der Waals surface area contributed by atoms with E-state index >= 15 is 0 Å². The Morgan fingerprint density at radius 3 is 1.20 bits per heavy atom. The Bertz CT molecular complexity index is 2210. The first-order valence-electron chi connectivity index (χ1n) is 19.1. The third-order valence-corrected chi connectivity index (χ3v) is 63.5. The molecule has 6 aromatic rings. The summed E-state index contributed by atoms with van der Waals surface area (Å²) in [7, 11) is 17.3. The molecule has 271 valence electrons. The van der Waals surface area contributed by atoms with Crippen LogP contribution in [-0.2, 0) is 15.6 Å². The summed E-state index contributed by atoms with van der Waals surface area (Å²) in [5, 5.41) is 0. The predicted molar refractivity (Wildman–Crippen MR) is 229 cm³/mol. The van der Waals surface area contributed by atoms with Crippen molar-refractivity contribution < 1.29 is 25.0 Å². The van der Waals surface area contributed by atoms with Gasteiger partial charge in [-0.25, -0.2) is 0 Å². The molecule has 8 rings (SSSR count). The van der Waals surface area contributed by atoms with E-state index < -0.39 is 21.5 Å². The molecule has 2 aliphatic carbocycles. The van der Waals surface area contributed by atoms with Crippen LogP contribution >= 0.6 is 17.0 Å². The molecule has 6 heteroatoms. The van der Waals surface area contributed by atoms with E-state index in [2.05, 4.69) is 124 Å². The number of fused-ring (bicyclic) bond motifs is 2. The molecule has 6 aromatic carbocycles. The average Bonchev–Trinajstić information content (AvgIpc) is 3.80. The summed E-state index contributed by atoms with van der Waals surface area (Å²) in [6, 6.07) is 50.2. The summed E-state index contributed by atoms with van der Waals surface area (Å²) >= 11 is -4.88. The van der Waals surface area contributed by atoms with Crippen molar-refractivity contribution in [2.75, 3.05) is 0 Å². The molecule has 2 aliphatic rings. The number of halogens is 2. The number of hydrogen-bond donors (Lipinski definition) is 0. The first-order chi connectivity index (χ1) is 26.2. The number of ether oxygens (including phenoxy) is 2. The van der Waals surface area contributed by atoms with Gasteiger partial charge in [-0.05, 0) is 0 Å². The van der Waals surface area contributed by atoms with Gasteiger partial charge >= 0.3 is 319 Å². The summed E-state index contributed by atoms with van der Waals surface area (Å²) in [5.74, 6) is 1.61. The van der Waals surface area contributed by atoms with Crippen molar-refractivity contribution >= 4 is 35.1 Å². The van der Waals surface area contributed by atoms with E-state index in [-0.39, 0.29) is 7.25 Å². The van der Waals surface area contributed by atoms with Crippen molar-refractivity contribution in [3.05, 3.63) is 179 Å². The first-order valence-corrected chi connectivity index (χ1v) is 35.4. The molecule has 0 amide bonds. The van der Waals surface area contributed by atoms with Gasteiger partial charge < -0.3 is 0 Å². The molecule has 0 heterocycles. The van der Waals surface area contributed by atoms with E-state index in [0.717, 1.165) is 47.0 Å². The maximum absolute atomic E-state index is 8.66. The van der Waals surface area contributed by atoms with Crippen LogP contribution in [0.15, 0.2) is 157 Å². The number of hydrogen-bond acceptors (Lipinski definition) is 2.